The summed E-state index contributed by atoms with van der Waals surface area (Å²) in [4.78, 5) is 0. The van der Waals surface area contributed by atoms with Crippen molar-refractivity contribution in [2.45, 2.75) is 33.7 Å². The van der Waals surface area contributed by atoms with Crippen molar-refractivity contribution < 1.29 is 0 Å². The predicted molar refractivity (Wildman–Crippen MR) is 73.0 cm³/mol. The van der Waals surface area contributed by atoms with Crippen LogP contribution in [0.1, 0.15) is 27.7 Å². The van der Waals surface area contributed by atoms with Crippen LogP contribution in [0, 0.1) is 5.41 Å². The van der Waals surface area contributed by atoms with Crippen LogP contribution >= 0.6 is 0 Å². The first kappa shape index (κ1) is 11.8. The third kappa shape index (κ3) is 2.35. The van der Waals surface area contributed by atoms with Gasteiger partial charge in [-0.15, -0.1) is 0 Å². The van der Waals surface area contributed by atoms with Gasteiger partial charge in [0.05, 0.1) is 23.1 Å². The number of hydrogen-bond donors (Lipinski definition) is 3. The van der Waals surface area contributed by atoms with Gasteiger partial charge in [-0.2, -0.15) is 5.10 Å². The van der Waals surface area contributed by atoms with Gasteiger partial charge in [-0.05, 0) is 24.5 Å². The molecule has 4 heteroatoms. The molecule has 0 aliphatic heterocycles. The molecule has 1 aromatic carbocycles. The molecule has 2 aromatic rings. The molecule has 0 spiro atoms. The summed E-state index contributed by atoms with van der Waals surface area (Å²) in [6.07, 6.45) is 1.78. The number of fused-ring (bicyclic) bond motifs is 1. The molecule has 2 rings (SSSR count). The van der Waals surface area contributed by atoms with E-state index in [2.05, 4.69) is 43.2 Å². The highest BCUT2D eigenvalue weighted by atomic mass is 15.1. The Bertz CT molecular complexity index is 522. The van der Waals surface area contributed by atoms with Crippen LogP contribution in [0.2, 0.25) is 0 Å². The first-order valence-corrected chi connectivity index (χ1v) is 5.87. The van der Waals surface area contributed by atoms with Crippen molar-refractivity contribution in [3.63, 3.8) is 0 Å². The minimum Gasteiger partial charge on any atom is -0.397 e. The Kier molecular flexibility index (Phi) is 2.73. The van der Waals surface area contributed by atoms with Crippen LogP contribution in [0.15, 0.2) is 18.3 Å². The van der Waals surface area contributed by atoms with Gasteiger partial charge in [0.15, 0.2) is 0 Å². The van der Waals surface area contributed by atoms with Crippen LogP contribution in [-0.2, 0) is 0 Å². The number of nitrogens with two attached hydrogens (primary N) is 1. The topological polar surface area (TPSA) is 66.7 Å². The van der Waals surface area contributed by atoms with Crippen molar-refractivity contribution in [3.8, 4) is 0 Å². The number of H-pyrrole nitrogens is 1. The Morgan fingerprint density at radius 2 is 2.06 bits per heavy atom. The van der Waals surface area contributed by atoms with E-state index in [0.29, 0.717) is 6.04 Å². The summed E-state index contributed by atoms with van der Waals surface area (Å²) < 4.78 is 0. The molecular weight excluding hydrogens is 212 g/mol. The van der Waals surface area contributed by atoms with E-state index in [1.807, 2.05) is 12.1 Å². The van der Waals surface area contributed by atoms with Crippen molar-refractivity contribution in [1.29, 1.82) is 0 Å². The van der Waals surface area contributed by atoms with Crippen LogP contribution in [0.5, 0.6) is 0 Å². The van der Waals surface area contributed by atoms with E-state index in [1.165, 1.54) is 0 Å². The van der Waals surface area contributed by atoms with Gasteiger partial charge < -0.3 is 11.1 Å². The Balaban J connectivity index is 2.32. The summed E-state index contributed by atoms with van der Waals surface area (Å²) in [6.45, 7) is 8.78. The number of aromatic amines is 1. The van der Waals surface area contributed by atoms with Crippen molar-refractivity contribution in [1.82, 2.24) is 10.2 Å². The van der Waals surface area contributed by atoms with E-state index in [-0.39, 0.29) is 5.41 Å². The number of nitrogens with one attached hydrogen (secondary N) is 2. The largest absolute Gasteiger partial charge is 0.397 e. The van der Waals surface area contributed by atoms with Crippen molar-refractivity contribution >= 4 is 22.3 Å². The lowest BCUT2D eigenvalue weighted by molar-refractivity contribution is 0.359. The maximum absolute atomic E-state index is 6.03. The molecule has 0 saturated heterocycles. The second-order valence-corrected chi connectivity index (χ2v) is 5.63. The Morgan fingerprint density at radius 1 is 1.35 bits per heavy atom. The third-order valence-electron chi connectivity index (χ3n) is 3.28. The number of benzene rings is 1. The molecule has 92 valence electrons. The van der Waals surface area contributed by atoms with Crippen LogP contribution in [0.3, 0.4) is 0 Å². The average Bonchev–Trinajstić information content (AvgIpc) is 2.63. The highest BCUT2D eigenvalue weighted by Gasteiger charge is 2.20. The Labute approximate surface area is 102 Å². The van der Waals surface area contributed by atoms with Gasteiger partial charge >= 0.3 is 0 Å². The summed E-state index contributed by atoms with van der Waals surface area (Å²) in [5, 5.41) is 11.5. The summed E-state index contributed by atoms with van der Waals surface area (Å²) in [5.41, 5.74) is 8.95. The quantitative estimate of drug-likeness (QED) is 0.697. The lowest BCUT2D eigenvalue weighted by atomic mass is 9.88. The summed E-state index contributed by atoms with van der Waals surface area (Å²) in [5.74, 6) is 0. The molecule has 1 atom stereocenters. The summed E-state index contributed by atoms with van der Waals surface area (Å²) in [7, 11) is 0. The smallest absolute Gasteiger partial charge is 0.0672 e. The van der Waals surface area contributed by atoms with Gasteiger partial charge in [-0.3, -0.25) is 5.10 Å². The molecule has 4 N–H and O–H groups in total. The minimum absolute atomic E-state index is 0.190. The summed E-state index contributed by atoms with van der Waals surface area (Å²) >= 11 is 0. The third-order valence-corrected chi connectivity index (χ3v) is 3.28. The van der Waals surface area contributed by atoms with Crippen LogP contribution < -0.4 is 11.1 Å². The number of hydrogen-bond acceptors (Lipinski definition) is 3. The zero-order chi connectivity index (χ0) is 12.6. The number of nitrogens with zero attached hydrogens (tertiary/aromatic N) is 1. The summed E-state index contributed by atoms with van der Waals surface area (Å²) in [6, 6.07) is 4.29. The highest BCUT2D eigenvalue weighted by molar-refractivity contribution is 5.88. The van der Waals surface area contributed by atoms with Crippen molar-refractivity contribution in [3.05, 3.63) is 18.3 Å². The zero-order valence-electron chi connectivity index (χ0n) is 10.8. The fourth-order valence-corrected chi connectivity index (χ4v) is 1.58. The predicted octanol–water partition coefficient (Wildman–Crippen LogP) is 2.99. The molecule has 0 amide bonds. The SMILES string of the molecule is CC(Nc1cc2[nH]ncc2cc1N)C(C)(C)C. The molecule has 0 saturated carbocycles. The lowest BCUT2D eigenvalue weighted by Gasteiger charge is -2.29. The van der Waals surface area contributed by atoms with Gasteiger partial charge in [-0.25, -0.2) is 0 Å². The lowest BCUT2D eigenvalue weighted by Crippen LogP contribution is -2.31. The molecule has 0 fully saturated rings. The fraction of sp³-hybridized carbons (Fsp3) is 0.462. The van der Waals surface area contributed by atoms with Gasteiger partial charge in [0, 0.05) is 11.4 Å². The normalized spacial score (nSPS) is 13.9. The van der Waals surface area contributed by atoms with Crippen LogP contribution in [0.25, 0.3) is 10.9 Å². The average molecular weight is 232 g/mol. The number of aromatic nitrogens is 2. The second-order valence-electron chi connectivity index (χ2n) is 5.63. The number of rotatable bonds is 2. The molecule has 0 aliphatic carbocycles. The molecule has 17 heavy (non-hydrogen) atoms. The van der Waals surface area contributed by atoms with Gasteiger partial charge in [-0.1, -0.05) is 20.8 Å². The minimum atomic E-state index is 0.190. The van der Waals surface area contributed by atoms with E-state index in [0.717, 1.165) is 22.3 Å². The fourth-order valence-electron chi connectivity index (χ4n) is 1.58. The van der Waals surface area contributed by atoms with Crippen molar-refractivity contribution in [2.75, 3.05) is 11.1 Å². The van der Waals surface area contributed by atoms with Crippen LogP contribution in [0.4, 0.5) is 11.4 Å². The van der Waals surface area contributed by atoms with E-state index < -0.39 is 0 Å². The van der Waals surface area contributed by atoms with Gasteiger partial charge in [0.2, 0.25) is 0 Å². The Morgan fingerprint density at radius 3 is 2.71 bits per heavy atom. The van der Waals surface area contributed by atoms with E-state index in [1.54, 1.807) is 6.20 Å². The maximum atomic E-state index is 6.03. The molecular formula is C13H20N4. The molecule has 1 aromatic heterocycles. The zero-order valence-corrected chi connectivity index (χ0v) is 10.8. The monoisotopic (exact) mass is 232 g/mol. The van der Waals surface area contributed by atoms with Gasteiger partial charge in [0.1, 0.15) is 0 Å². The molecule has 1 heterocycles. The second kappa shape index (κ2) is 3.95. The number of nitrogen functional groups attached to an aromatic ring is 1. The Hall–Kier alpha value is -1.71. The maximum Gasteiger partial charge on any atom is 0.0672 e. The van der Waals surface area contributed by atoms with Crippen LogP contribution in [-0.4, -0.2) is 16.2 Å². The molecule has 0 bridgehead atoms. The molecule has 0 radical (unpaired) electrons. The number of anilines is 2. The standard InChI is InChI=1S/C13H20N4/c1-8(13(2,3)4)16-12-6-11-9(5-10(12)14)7-15-17-11/h5-8,16H,14H2,1-4H3,(H,15,17). The first-order chi connectivity index (χ1) is 7.88. The van der Waals surface area contributed by atoms with E-state index >= 15 is 0 Å². The van der Waals surface area contributed by atoms with E-state index in [4.69, 9.17) is 5.73 Å². The van der Waals surface area contributed by atoms with Crippen molar-refractivity contribution in [2.24, 2.45) is 5.41 Å². The molecule has 1 unspecified atom stereocenters. The molecule has 4 nitrogen and oxygen atoms in total. The first-order valence-electron chi connectivity index (χ1n) is 5.87. The van der Waals surface area contributed by atoms with Gasteiger partial charge in [0.25, 0.3) is 0 Å². The highest BCUT2D eigenvalue weighted by Crippen LogP contribution is 2.28. The van der Waals surface area contributed by atoms with E-state index in [9.17, 15) is 0 Å². The molecule has 0 aliphatic rings.